The molecule has 0 aliphatic carbocycles. The molecule has 0 saturated heterocycles. The van der Waals surface area contributed by atoms with Gasteiger partial charge in [0.2, 0.25) is 0 Å². The van der Waals surface area contributed by atoms with E-state index in [1.807, 2.05) is 25.2 Å². The number of aliphatic imine (C=N–C) groups is 1. The summed E-state index contributed by atoms with van der Waals surface area (Å²) >= 11 is 0. The van der Waals surface area contributed by atoms with Gasteiger partial charge in [-0.1, -0.05) is 36.4 Å². The Hall–Kier alpha value is -1.96. The molecule has 5 nitrogen and oxygen atoms in total. The number of methoxy groups -OCH3 is 2. The molecule has 0 aromatic heterocycles. The second-order valence-electron chi connectivity index (χ2n) is 6.07. The maximum atomic E-state index is 5.37. The molecule has 6 heteroatoms. The summed E-state index contributed by atoms with van der Waals surface area (Å²) in [4.78, 5) is 6.52. The number of ether oxygens (including phenoxy) is 2. The topological polar surface area (TPSA) is 46.1 Å². The Labute approximate surface area is 179 Å². The van der Waals surface area contributed by atoms with Gasteiger partial charge in [0, 0.05) is 27.2 Å². The molecule has 0 fully saturated rings. The molecule has 0 unspecified atom stereocenters. The van der Waals surface area contributed by atoms with E-state index in [4.69, 9.17) is 9.47 Å². The minimum absolute atomic E-state index is 0. The van der Waals surface area contributed by atoms with Gasteiger partial charge in [-0.3, -0.25) is 4.99 Å². The summed E-state index contributed by atoms with van der Waals surface area (Å²) in [6.45, 7) is 1.72. The van der Waals surface area contributed by atoms with Crippen molar-refractivity contribution in [2.45, 2.75) is 12.8 Å². The van der Waals surface area contributed by atoms with Gasteiger partial charge in [0.15, 0.2) is 17.5 Å². The number of rotatable bonds is 8. The Morgan fingerprint density at radius 2 is 1.67 bits per heavy atom. The number of nitrogens with one attached hydrogen (secondary N) is 1. The molecule has 0 saturated carbocycles. The molecule has 0 bridgehead atoms. The summed E-state index contributed by atoms with van der Waals surface area (Å²) in [6, 6.07) is 16.5. The monoisotopic (exact) mass is 483 g/mol. The summed E-state index contributed by atoms with van der Waals surface area (Å²) in [5, 5.41) is 3.43. The summed E-state index contributed by atoms with van der Waals surface area (Å²) in [7, 11) is 7.18. The molecule has 1 N–H and O–H groups in total. The van der Waals surface area contributed by atoms with Gasteiger partial charge >= 0.3 is 0 Å². The van der Waals surface area contributed by atoms with Crippen LogP contribution in [0.5, 0.6) is 11.5 Å². The van der Waals surface area contributed by atoms with E-state index in [0.717, 1.165) is 43.4 Å². The molecule has 0 aliphatic rings. The summed E-state index contributed by atoms with van der Waals surface area (Å²) in [5.74, 6) is 2.42. The normalized spacial score (nSPS) is 10.7. The lowest BCUT2D eigenvalue weighted by Gasteiger charge is -2.22. The van der Waals surface area contributed by atoms with E-state index in [2.05, 4.69) is 52.6 Å². The molecule has 0 heterocycles. The first-order valence-electron chi connectivity index (χ1n) is 8.84. The van der Waals surface area contributed by atoms with Crippen LogP contribution in [-0.4, -0.2) is 52.3 Å². The molecule has 148 valence electrons. The van der Waals surface area contributed by atoms with E-state index in [-0.39, 0.29) is 24.0 Å². The minimum atomic E-state index is 0. The maximum absolute atomic E-state index is 5.37. The third-order valence-corrected chi connectivity index (χ3v) is 4.30. The zero-order chi connectivity index (χ0) is 18.8. The van der Waals surface area contributed by atoms with Crippen LogP contribution in [0.1, 0.15) is 11.1 Å². The Morgan fingerprint density at radius 3 is 2.30 bits per heavy atom. The first kappa shape index (κ1) is 23.1. The van der Waals surface area contributed by atoms with E-state index >= 15 is 0 Å². The lowest BCUT2D eigenvalue weighted by atomic mass is 10.1. The van der Waals surface area contributed by atoms with Crippen molar-refractivity contribution in [3.05, 3.63) is 59.7 Å². The van der Waals surface area contributed by atoms with Gasteiger partial charge in [-0.2, -0.15) is 0 Å². The zero-order valence-corrected chi connectivity index (χ0v) is 18.9. The quantitative estimate of drug-likeness (QED) is 0.354. The third kappa shape index (κ3) is 7.28. The summed E-state index contributed by atoms with van der Waals surface area (Å²) < 4.78 is 10.7. The molecule has 0 aliphatic heterocycles. The van der Waals surface area contributed by atoms with Crippen LogP contribution < -0.4 is 14.8 Å². The fourth-order valence-corrected chi connectivity index (χ4v) is 2.79. The number of halogens is 1. The third-order valence-electron chi connectivity index (χ3n) is 4.30. The molecule has 0 atom stereocenters. The van der Waals surface area contributed by atoms with Crippen LogP contribution in [0.3, 0.4) is 0 Å². The first-order valence-corrected chi connectivity index (χ1v) is 8.84. The molecule has 2 aromatic rings. The van der Waals surface area contributed by atoms with Crippen LogP contribution in [0.15, 0.2) is 53.5 Å². The van der Waals surface area contributed by atoms with Crippen LogP contribution in [0, 0.1) is 0 Å². The molecule has 0 amide bonds. The van der Waals surface area contributed by atoms with E-state index in [9.17, 15) is 0 Å². The number of benzene rings is 2. The molecular weight excluding hydrogens is 453 g/mol. The Balaban J connectivity index is 0.00000364. The fraction of sp³-hybridized carbons (Fsp3) is 0.381. The van der Waals surface area contributed by atoms with Gasteiger partial charge in [-0.05, 0) is 36.1 Å². The zero-order valence-electron chi connectivity index (χ0n) is 16.6. The molecule has 2 aromatic carbocycles. The highest BCUT2D eigenvalue weighted by Gasteiger charge is 2.08. The summed E-state index contributed by atoms with van der Waals surface area (Å²) in [5.41, 5.74) is 2.53. The van der Waals surface area contributed by atoms with Crippen LogP contribution in [0.4, 0.5) is 0 Å². The highest BCUT2D eigenvalue weighted by Crippen LogP contribution is 2.27. The number of nitrogens with zero attached hydrogens (tertiary/aromatic N) is 2. The number of hydrogen-bond donors (Lipinski definition) is 1. The first-order chi connectivity index (χ1) is 12.7. The Morgan fingerprint density at radius 1 is 0.963 bits per heavy atom. The van der Waals surface area contributed by atoms with Crippen molar-refractivity contribution in [1.29, 1.82) is 0 Å². The molecule has 0 radical (unpaired) electrons. The smallest absolute Gasteiger partial charge is 0.193 e. The predicted octanol–water partition coefficient (Wildman–Crippen LogP) is 3.61. The van der Waals surface area contributed by atoms with Crippen LogP contribution >= 0.6 is 24.0 Å². The maximum Gasteiger partial charge on any atom is 0.193 e. The van der Waals surface area contributed by atoms with Crippen LogP contribution in [0.2, 0.25) is 0 Å². The molecule has 0 spiro atoms. The number of guanidine groups is 1. The predicted molar refractivity (Wildman–Crippen MR) is 123 cm³/mol. The number of hydrogen-bond acceptors (Lipinski definition) is 3. The summed E-state index contributed by atoms with van der Waals surface area (Å²) in [6.07, 6.45) is 1.87. The fourth-order valence-electron chi connectivity index (χ4n) is 2.79. The van der Waals surface area contributed by atoms with E-state index in [0.29, 0.717) is 0 Å². The SMILES string of the molecule is CN=C(NCCc1ccccc1)N(C)CCc1ccc(OC)c(OC)c1.I. The lowest BCUT2D eigenvalue weighted by molar-refractivity contribution is 0.354. The largest absolute Gasteiger partial charge is 0.493 e. The van der Waals surface area contributed by atoms with Crippen molar-refractivity contribution in [2.24, 2.45) is 4.99 Å². The number of likely N-dealkylation sites (N-methyl/N-ethyl adjacent to an activating group) is 1. The van der Waals surface area contributed by atoms with Crippen LogP contribution in [0.25, 0.3) is 0 Å². The molecule has 2 rings (SSSR count). The van der Waals surface area contributed by atoms with Crippen molar-refractivity contribution in [3.8, 4) is 11.5 Å². The van der Waals surface area contributed by atoms with Crippen molar-refractivity contribution < 1.29 is 9.47 Å². The lowest BCUT2D eigenvalue weighted by Crippen LogP contribution is -2.40. The van der Waals surface area contributed by atoms with Crippen molar-refractivity contribution in [2.75, 3.05) is 41.4 Å². The van der Waals surface area contributed by atoms with E-state index in [1.54, 1.807) is 14.2 Å². The van der Waals surface area contributed by atoms with Gasteiger partial charge in [0.25, 0.3) is 0 Å². The van der Waals surface area contributed by atoms with Crippen molar-refractivity contribution in [1.82, 2.24) is 10.2 Å². The van der Waals surface area contributed by atoms with E-state index in [1.165, 1.54) is 11.1 Å². The average Bonchev–Trinajstić information content (AvgIpc) is 2.70. The highest BCUT2D eigenvalue weighted by atomic mass is 127. The van der Waals surface area contributed by atoms with Crippen molar-refractivity contribution >= 4 is 29.9 Å². The minimum Gasteiger partial charge on any atom is -0.493 e. The van der Waals surface area contributed by atoms with E-state index < -0.39 is 0 Å². The van der Waals surface area contributed by atoms with Gasteiger partial charge < -0.3 is 19.7 Å². The van der Waals surface area contributed by atoms with Crippen molar-refractivity contribution in [3.63, 3.8) is 0 Å². The van der Waals surface area contributed by atoms with Gasteiger partial charge in [-0.15, -0.1) is 24.0 Å². The highest BCUT2D eigenvalue weighted by molar-refractivity contribution is 14.0. The van der Waals surface area contributed by atoms with Gasteiger partial charge in [-0.25, -0.2) is 0 Å². The second kappa shape index (κ2) is 12.4. The Kier molecular flexibility index (Phi) is 10.6. The molecular formula is C21H30IN3O2. The van der Waals surface area contributed by atoms with Gasteiger partial charge in [0.1, 0.15) is 0 Å². The second-order valence-corrected chi connectivity index (χ2v) is 6.07. The average molecular weight is 483 g/mol. The van der Waals surface area contributed by atoms with Gasteiger partial charge in [0.05, 0.1) is 14.2 Å². The Bertz CT molecular complexity index is 708. The van der Waals surface area contributed by atoms with Crippen LogP contribution in [-0.2, 0) is 12.8 Å². The standard InChI is InChI=1S/C21H29N3O2.HI/c1-22-21(23-14-12-17-8-6-5-7-9-17)24(2)15-13-18-10-11-19(25-3)20(16-18)26-4;/h5-11,16H,12-15H2,1-4H3,(H,22,23);1H. The molecule has 27 heavy (non-hydrogen) atoms.